The lowest BCUT2D eigenvalue weighted by molar-refractivity contribution is 0.661. The molecule has 2 aromatic rings. The van der Waals surface area contributed by atoms with E-state index < -0.39 is 0 Å². The Morgan fingerprint density at radius 1 is 1.16 bits per heavy atom. The van der Waals surface area contributed by atoms with Crippen molar-refractivity contribution in [2.24, 2.45) is 5.73 Å². The zero-order valence-corrected chi connectivity index (χ0v) is 12.5. The highest BCUT2D eigenvalue weighted by molar-refractivity contribution is 9.10. The van der Waals surface area contributed by atoms with Crippen LogP contribution in [-0.2, 0) is 0 Å². The van der Waals surface area contributed by atoms with Crippen molar-refractivity contribution >= 4 is 32.7 Å². The smallest absolute Gasteiger partial charge is 0.112 e. The maximum absolute atomic E-state index is 5.47. The van der Waals surface area contributed by atoms with Crippen LogP contribution in [0.15, 0.2) is 29.0 Å². The van der Waals surface area contributed by atoms with Crippen LogP contribution < -0.4 is 11.1 Å². The third-order valence-corrected chi connectivity index (χ3v) is 3.42. The second kappa shape index (κ2) is 7.40. The second-order valence-electron chi connectivity index (χ2n) is 4.51. The number of nitrogens with two attached hydrogens (primary N) is 1. The van der Waals surface area contributed by atoms with Gasteiger partial charge in [0.1, 0.15) is 5.52 Å². The summed E-state index contributed by atoms with van der Waals surface area (Å²) in [5.74, 6) is 0. The first-order chi connectivity index (χ1) is 9.31. The Morgan fingerprint density at radius 2 is 2.00 bits per heavy atom. The highest BCUT2D eigenvalue weighted by Crippen LogP contribution is 2.21. The van der Waals surface area contributed by atoms with E-state index in [0.29, 0.717) is 0 Å². The van der Waals surface area contributed by atoms with Crippen molar-refractivity contribution in [2.45, 2.75) is 25.7 Å². The number of unbranched alkanes of at least 4 members (excludes halogenated alkanes) is 3. The van der Waals surface area contributed by atoms with Crippen LogP contribution in [-0.4, -0.2) is 23.1 Å². The van der Waals surface area contributed by atoms with Gasteiger partial charge < -0.3 is 11.1 Å². The van der Waals surface area contributed by atoms with Gasteiger partial charge in [0, 0.05) is 23.4 Å². The third-order valence-electron chi connectivity index (χ3n) is 2.99. The summed E-state index contributed by atoms with van der Waals surface area (Å²) >= 11 is 3.41. The van der Waals surface area contributed by atoms with E-state index in [2.05, 4.69) is 31.2 Å². The minimum absolute atomic E-state index is 0.793. The summed E-state index contributed by atoms with van der Waals surface area (Å²) in [7, 11) is 0. The molecule has 0 aromatic carbocycles. The Bertz CT molecular complexity index is 530. The molecule has 19 heavy (non-hydrogen) atoms. The van der Waals surface area contributed by atoms with Gasteiger partial charge >= 0.3 is 0 Å². The van der Waals surface area contributed by atoms with Crippen LogP contribution in [0.4, 0.5) is 5.69 Å². The van der Waals surface area contributed by atoms with Gasteiger partial charge in [0.2, 0.25) is 0 Å². The molecule has 2 rings (SSSR count). The summed E-state index contributed by atoms with van der Waals surface area (Å²) in [4.78, 5) is 8.75. The van der Waals surface area contributed by atoms with Gasteiger partial charge in [-0.2, -0.15) is 0 Å². The summed E-state index contributed by atoms with van der Waals surface area (Å²) in [5, 5.41) is 3.43. The van der Waals surface area contributed by atoms with Gasteiger partial charge in [0.25, 0.3) is 0 Å². The Kier molecular flexibility index (Phi) is 5.54. The summed E-state index contributed by atoms with van der Waals surface area (Å²) < 4.78 is 0.950. The fraction of sp³-hybridized carbons (Fsp3) is 0.429. The molecule has 0 amide bonds. The maximum Gasteiger partial charge on any atom is 0.112 e. The number of hydrogen-bond acceptors (Lipinski definition) is 4. The Balaban J connectivity index is 1.93. The molecule has 0 aliphatic heterocycles. The molecule has 2 aromatic heterocycles. The van der Waals surface area contributed by atoms with Crippen LogP contribution in [0.25, 0.3) is 11.0 Å². The predicted molar refractivity (Wildman–Crippen MR) is 83.3 cm³/mol. The molecule has 3 N–H and O–H groups in total. The van der Waals surface area contributed by atoms with E-state index in [9.17, 15) is 0 Å². The minimum Gasteiger partial charge on any atom is -0.383 e. The highest BCUT2D eigenvalue weighted by Gasteiger charge is 2.03. The van der Waals surface area contributed by atoms with E-state index in [4.69, 9.17) is 5.73 Å². The molecule has 5 heteroatoms. The second-order valence-corrected chi connectivity index (χ2v) is 5.43. The molecule has 0 aliphatic rings. The summed E-state index contributed by atoms with van der Waals surface area (Å²) in [6, 6.07) is 3.96. The molecule has 0 spiro atoms. The minimum atomic E-state index is 0.793. The van der Waals surface area contributed by atoms with Crippen molar-refractivity contribution < 1.29 is 0 Å². The number of rotatable bonds is 7. The third kappa shape index (κ3) is 4.14. The maximum atomic E-state index is 5.47. The van der Waals surface area contributed by atoms with E-state index in [1.54, 1.807) is 6.20 Å². The highest BCUT2D eigenvalue weighted by atomic mass is 79.9. The van der Waals surface area contributed by atoms with Gasteiger partial charge in [-0.05, 0) is 47.4 Å². The molecule has 0 unspecified atom stereocenters. The lowest BCUT2D eigenvalue weighted by Gasteiger charge is -2.08. The van der Waals surface area contributed by atoms with Gasteiger partial charge in [0.15, 0.2) is 0 Å². The van der Waals surface area contributed by atoms with Crippen molar-refractivity contribution in [2.75, 3.05) is 18.4 Å². The van der Waals surface area contributed by atoms with Gasteiger partial charge in [-0.15, -0.1) is 0 Å². The van der Waals surface area contributed by atoms with Crippen molar-refractivity contribution in [3.05, 3.63) is 29.0 Å². The topological polar surface area (TPSA) is 63.8 Å². The molecule has 0 radical (unpaired) electrons. The lowest BCUT2D eigenvalue weighted by atomic mass is 10.2. The van der Waals surface area contributed by atoms with Crippen molar-refractivity contribution in [3.8, 4) is 0 Å². The van der Waals surface area contributed by atoms with Crippen LogP contribution in [0.2, 0.25) is 0 Å². The molecule has 0 saturated heterocycles. The first-order valence-corrected chi connectivity index (χ1v) is 7.45. The summed E-state index contributed by atoms with van der Waals surface area (Å²) in [6.45, 7) is 1.75. The van der Waals surface area contributed by atoms with Crippen LogP contribution in [0.1, 0.15) is 25.7 Å². The average molecular weight is 323 g/mol. The van der Waals surface area contributed by atoms with Crippen molar-refractivity contribution in [3.63, 3.8) is 0 Å². The van der Waals surface area contributed by atoms with E-state index in [1.165, 1.54) is 12.8 Å². The van der Waals surface area contributed by atoms with E-state index in [1.807, 2.05) is 18.3 Å². The molecular formula is C14H19BrN4. The number of halogens is 1. The number of pyridine rings is 2. The first kappa shape index (κ1) is 14.2. The molecule has 0 bridgehead atoms. The largest absolute Gasteiger partial charge is 0.383 e. The number of hydrogen-bond donors (Lipinski definition) is 2. The Morgan fingerprint density at radius 3 is 2.84 bits per heavy atom. The normalized spacial score (nSPS) is 10.8. The lowest BCUT2D eigenvalue weighted by Crippen LogP contribution is -2.04. The van der Waals surface area contributed by atoms with E-state index in [0.717, 1.165) is 47.1 Å². The van der Waals surface area contributed by atoms with Crippen molar-refractivity contribution in [1.29, 1.82) is 0 Å². The molecule has 2 heterocycles. The quantitative estimate of drug-likeness (QED) is 0.767. The number of anilines is 1. The average Bonchev–Trinajstić information content (AvgIpc) is 2.42. The van der Waals surface area contributed by atoms with Crippen LogP contribution in [0.5, 0.6) is 0 Å². The fourth-order valence-corrected chi connectivity index (χ4v) is 2.31. The zero-order valence-electron chi connectivity index (χ0n) is 10.9. The molecule has 0 fully saturated rings. The zero-order chi connectivity index (χ0) is 13.5. The number of aromatic nitrogens is 2. The predicted octanol–water partition coefficient (Wildman–Crippen LogP) is 3.32. The van der Waals surface area contributed by atoms with Crippen LogP contribution >= 0.6 is 15.9 Å². The summed E-state index contributed by atoms with van der Waals surface area (Å²) in [5.41, 5.74) is 8.36. The SMILES string of the molecule is NCCCCCCNc1ccnc2cc(Br)cnc12. The molecule has 0 saturated carbocycles. The Hall–Kier alpha value is -1.20. The molecule has 4 nitrogen and oxygen atoms in total. The monoisotopic (exact) mass is 322 g/mol. The van der Waals surface area contributed by atoms with E-state index >= 15 is 0 Å². The number of fused-ring (bicyclic) bond motifs is 1. The first-order valence-electron chi connectivity index (χ1n) is 6.65. The summed E-state index contributed by atoms with van der Waals surface area (Å²) in [6.07, 6.45) is 8.31. The van der Waals surface area contributed by atoms with Gasteiger partial charge in [-0.3, -0.25) is 9.97 Å². The number of nitrogens with zero attached hydrogens (tertiary/aromatic N) is 2. The standard InChI is InChI=1S/C14H19BrN4/c15-11-9-13-14(19-10-11)12(5-8-18-13)17-7-4-2-1-3-6-16/h5,8-10H,1-4,6-7,16H2,(H,17,18). The van der Waals surface area contributed by atoms with Crippen molar-refractivity contribution in [1.82, 2.24) is 9.97 Å². The molecule has 102 valence electrons. The Labute approximate surface area is 121 Å². The van der Waals surface area contributed by atoms with Gasteiger partial charge in [-0.1, -0.05) is 12.8 Å². The van der Waals surface area contributed by atoms with Crippen LogP contribution in [0.3, 0.4) is 0 Å². The van der Waals surface area contributed by atoms with Gasteiger partial charge in [-0.25, -0.2) is 0 Å². The fourth-order valence-electron chi connectivity index (χ4n) is 1.99. The number of nitrogens with one attached hydrogen (secondary N) is 1. The van der Waals surface area contributed by atoms with E-state index in [-0.39, 0.29) is 0 Å². The molecule has 0 aliphatic carbocycles. The molecule has 0 atom stereocenters. The van der Waals surface area contributed by atoms with Crippen LogP contribution in [0, 0.1) is 0 Å². The van der Waals surface area contributed by atoms with Gasteiger partial charge in [0.05, 0.1) is 11.2 Å². The molecular weight excluding hydrogens is 304 g/mol.